The molecule has 0 unspecified atom stereocenters. The van der Waals surface area contributed by atoms with E-state index in [1.54, 1.807) is 11.4 Å². The van der Waals surface area contributed by atoms with Crippen molar-refractivity contribution in [3.05, 3.63) is 40.8 Å². The monoisotopic (exact) mass is 357 g/mol. The molecule has 0 radical (unpaired) electrons. The topological polar surface area (TPSA) is 74.6 Å². The van der Waals surface area contributed by atoms with E-state index in [-0.39, 0.29) is 12.7 Å². The maximum atomic E-state index is 12.1. The van der Waals surface area contributed by atoms with Gasteiger partial charge in [-0.05, 0) is 35.7 Å². The minimum absolute atomic E-state index is 0.0805. The van der Waals surface area contributed by atoms with Gasteiger partial charge in [0.25, 0.3) is 0 Å². The molecule has 7 heteroatoms. The van der Waals surface area contributed by atoms with E-state index in [1.165, 1.54) is 11.3 Å². The first-order chi connectivity index (χ1) is 12.2. The fourth-order valence-electron chi connectivity index (χ4n) is 2.59. The number of hydrogen-bond donors (Lipinski definition) is 1. The molecule has 0 atom stereocenters. The van der Waals surface area contributed by atoms with Gasteiger partial charge in [-0.15, -0.1) is 11.3 Å². The lowest BCUT2D eigenvalue weighted by atomic mass is 10.2. The number of carbonyl (C=O) groups is 1. The minimum Gasteiger partial charge on any atom is -0.454 e. The number of nitrogens with one attached hydrogen (secondary N) is 1. The number of rotatable bonds is 7. The number of carbonyl (C=O) groups excluding carboxylic acids is 1. The van der Waals surface area contributed by atoms with Crippen molar-refractivity contribution >= 4 is 22.2 Å². The summed E-state index contributed by atoms with van der Waals surface area (Å²) in [4.78, 5) is 14.3. The molecule has 0 aliphatic carbocycles. The molecule has 25 heavy (non-hydrogen) atoms. The van der Waals surface area contributed by atoms with Crippen LogP contribution in [0, 0.1) is 11.3 Å². The van der Waals surface area contributed by atoms with Crippen LogP contribution in [-0.4, -0.2) is 30.7 Å². The Bertz CT molecular complexity index is 797. The van der Waals surface area contributed by atoms with Crippen LogP contribution in [0.4, 0.5) is 5.00 Å². The second-order valence-electron chi connectivity index (χ2n) is 5.63. The van der Waals surface area contributed by atoms with Crippen LogP contribution in [0.1, 0.15) is 24.5 Å². The number of nitrogens with zero attached hydrogens (tertiary/aromatic N) is 2. The van der Waals surface area contributed by atoms with Gasteiger partial charge in [0.15, 0.2) is 11.5 Å². The molecule has 0 spiro atoms. The van der Waals surface area contributed by atoms with E-state index >= 15 is 0 Å². The summed E-state index contributed by atoms with van der Waals surface area (Å²) in [6.07, 6.45) is 0.376. The molecule has 2 heterocycles. The third-order valence-electron chi connectivity index (χ3n) is 3.98. The highest BCUT2D eigenvalue weighted by molar-refractivity contribution is 7.14. The molecule has 3 rings (SSSR count). The van der Waals surface area contributed by atoms with E-state index in [0.29, 0.717) is 23.5 Å². The highest BCUT2D eigenvalue weighted by Crippen LogP contribution is 2.32. The predicted octanol–water partition coefficient (Wildman–Crippen LogP) is 3.20. The molecular formula is C18H19N3O3S. The molecular weight excluding hydrogens is 338 g/mol. The van der Waals surface area contributed by atoms with E-state index in [1.807, 2.05) is 18.2 Å². The maximum Gasteiger partial charge on any atom is 0.231 e. The van der Waals surface area contributed by atoms with Crippen molar-refractivity contribution in [3.8, 4) is 17.6 Å². The van der Waals surface area contributed by atoms with Crippen molar-refractivity contribution in [2.75, 3.05) is 25.2 Å². The molecule has 0 fully saturated rings. The molecule has 0 bridgehead atoms. The van der Waals surface area contributed by atoms with Crippen molar-refractivity contribution in [1.29, 1.82) is 5.26 Å². The number of fused-ring (bicyclic) bond motifs is 1. The molecule has 6 nitrogen and oxygen atoms in total. The molecule has 2 aromatic rings. The van der Waals surface area contributed by atoms with Gasteiger partial charge in [-0.1, -0.05) is 13.0 Å². The van der Waals surface area contributed by atoms with Crippen LogP contribution in [0.5, 0.6) is 11.5 Å². The number of thiophene rings is 1. The largest absolute Gasteiger partial charge is 0.454 e. The second kappa shape index (κ2) is 8.01. The molecule has 0 saturated carbocycles. The van der Waals surface area contributed by atoms with Crippen LogP contribution in [-0.2, 0) is 11.3 Å². The van der Waals surface area contributed by atoms with Crippen molar-refractivity contribution in [1.82, 2.24) is 4.90 Å². The average molecular weight is 357 g/mol. The lowest BCUT2D eigenvalue weighted by Crippen LogP contribution is -2.27. The average Bonchev–Trinajstić information content (AvgIpc) is 3.26. The SMILES string of the molecule is CCN(CCC(=O)Nc1sccc1C#N)Cc1ccc2c(c1)OCO2. The van der Waals surface area contributed by atoms with Crippen molar-refractivity contribution < 1.29 is 14.3 Å². The van der Waals surface area contributed by atoms with Crippen LogP contribution in [0.3, 0.4) is 0 Å². The zero-order chi connectivity index (χ0) is 17.6. The molecule has 1 aliphatic rings. The van der Waals surface area contributed by atoms with Gasteiger partial charge >= 0.3 is 0 Å². The van der Waals surface area contributed by atoms with Gasteiger partial charge in [-0.3, -0.25) is 9.69 Å². The summed E-state index contributed by atoms with van der Waals surface area (Å²) in [6, 6.07) is 9.69. The number of amides is 1. The van der Waals surface area contributed by atoms with Crippen LogP contribution in [0.25, 0.3) is 0 Å². The Morgan fingerprint density at radius 3 is 3.00 bits per heavy atom. The zero-order valence-electron chi connectivity index (χ0n) is 13.9. The Kier molecular flexibility index (Phi) is 5.53. The fraction of sp³-hybridized carbons (Fsp3) is 0.333. The highest BCUT2D eigenvalue weighted by Gasteiger charge is 2.15. The van der Waals surface area contributed by atoms with Gasteiger partial charge in [-0.2, -0.15) is 5.26 Å². The fourth-order valence-corrected chi connectivity index (χ4v) is 3.34. The van der Waals surface area contributed by atoms with Gasteiger partial charge in [0.1, 0.15) is 11.1 Å². The number of nitriles is 1. The van der Waals surface area contributed by atoms with E-state index in [9.17, 15) is 4.79 Å². The van der Waals surface area contributed by atoms with E-state index in [2.05, 4.69) is 23.2 Å². The smallest absolute Gasteiger partial charge is 0.231 e. The highest BCUT2D eigenvalue weighted by atomic mass is 32.1. The molecule has 1 N–H and O–H groups in total. The number of ether oxygens (including phenoxy) is 2. The van der Waals surface area contributed by atoms with Crippen molar-refractivity contribution in [2.24, 2.45) is 0 Å². The minimum atomic E-state index is -0.0805. The second-order valence-corrected chi connectivity index (χ2v) is 6.55. The summed E-state index contributed by atoms with van der Waals surface area (Å²) < 4.78 is 10.7. The molecule has 1 amide bonds. The van der Waals surface area contributed by atoms with E-state index < -0.39 is 0 Å². The van der Waals surface area contributed by atoms with E-state index in [4.69, 9.17) is 14.7 Å². The summed E-state index contributed by atoms with van der Waals surface area (Å²) >= 11 is 1.36. The van der Waals surface area contributed by atoms with E-state index in [0.717, 1.165) is 30.2 Å². The van der Waals surface area contributed by atoms with Crippen LogP contribution in [0.2, 0.25) is 0 Å². The molecule has 1 aromatic heterocycles. The van der Waals surface area contributed by atoms with Crippen LogP contribution >= 0.6 is 11.3 Å². The maximum absolute atomic E-state index is 12.1. The van der Waals surface area contributed by atoms with Gasteiger partial charge < -0.3 is 14.8 Å². The third-order valence-corrected chi connectivity index (χ3v) is 4.81. The standard InChI is InChI=1S/C18H19N3O3S/c1-2-21(11-13-3-4-15-16(9-13)24-12-23-15)7-5-17(22)20-18-14(10-19)6-8-25-18/h3-4,6,8-9H,2,5,7,11-12H2,1H3,(H,20,22). The Balaban J connectivity index is 1.52. The van der Waals surface area contributed by atoms with Gasteiger partial charge in [-0.25, -0.2) is 0 Å². The van der Waals surface area contributed by atoms with Crippen molar-refractivity contribution in [2.45, 2.75) is 19.9 Å². The lowest BCUT2D eigenvalue weighted by Gasteiger charge is -2.20. The Labute approximate surface area is 150 Å². The Morgan fingerprint density at radius 2 is 2.20 bits per heavy atom. The summed E-state index contributed by atoms with van der Waals surface area (Å²) in [5, 5.41) is 14.2. The first kappa shape index (κ1) is 17.3. The molecule has 1 aromatic carbocycles. The van der Waals surface area contributed by atoms with Gasteiger partial charge in [0, 0.05) is 19.5 Å². The molecule has 1 aliphatic heterocycles. The van der Waals surface area contributed by atoms with Crippen molar-refractivity contribution in [3.63, 3.8) is 0 Å². The first-order valence-electron chi connectivity index (χ1n) is 8.08. The third kappa shape index (κ3) is 4.29. The Hall–Kier alpha value is -2.56. The van der Waals surface area contributed by atoms with Gasteiger partial charge in [0.2, 0.25) is 12.7 Å². The summed E-state index contributed by atoms with van der Waals surface area (Å²) in [5.74, 6) is 1.46. The van der Waals surface area contributed by atoms with Gasteiger partial charge in [0.05, 0.1) is 5.56 Å². The zero-order valence-corrected chi connectivity index (χ0v) is 14.8. The summed E-state index contributed by atoms with van der Waals surface area (Å²) in [6.45, 7) is 4.55. The van der Waals surface area contributed by atoms with Crippen LogP contribution in [0.15, 0.2) is 29.6 Å². The number of benzene rings is 1. The summed E-state index contributed by atoms with van der Waals surface area (Å²) in [7, 11) is 0. The predicted molar refractivity (Wildman–Crippen MR) is 95.8 cm³/mol. The summed E-state index contributed by atoms with van der Waals surface area (Å²) in [5.41, 5.74) is 1.63. The number of hydrogen-bond acceptors (Lipinski definition) is 6. The number of anilines is 1. The molecule has 130 valence electrons. The van der Waals surface area contributed by atoms with Crippen LogP contribution < -0.4 is 14.8 Å². The normalized spacial score (nSPS) is 12.2. The quantitative estimate of drug-likeness (QED) is 0.824. The lowest BCUT2D eigenvalue weighted by molar-refractivity contribution is -0.116. The Morgan fingerprint density at radius 1 is 1.36 bits per heavy atom. The molecule has 0 saturated heterocycles. The first-order valence-corrected chi connectivity index (χ1v) is 8.96.